The third-order valence-electron chi connectivity index (χ3n) is 3.64. The van der Waals surface area contributed by atoms with E-state index in [2.05, 4.69) is 15.5 Å². The third kappa shape index (κ3) is 4.72. The molecule has 0 spiro atoms. The third-order valence-corrected chi connectivity index (χ3v) is 3.64. The fourth-order valence-electron chi connectivity index (χ4n) is 2.43. The normalized spacial score (nSPS) is 11.4. The molecule has 3 aromatic rings. The first-order chi connectivity index (χ1) is 13.2. The molecule has 0 aliphatic rings. The molecule has 28 heavy (non-hydrogen) atoms. The van der Waals surface area contributed by atoms with Crippen molar-refractivity contribution in [3.63, 3.8) is 0 Å². The summed E-state index contributed by atoms with van der Waals surface area (Å²) in [6, 6.07) is 6.04. The molecule has 1 amide bonds. The Morgan fingerprint density at radius 2 is 2.04 bits per heavy atom. The largest absolute Gasteiger partial charge is 0.416 e. The Labute approximate surface area is 155 Å². The number of alkyl halides is 3. The molecule has 2 heterocycles. The summed E-state index contributed by atoms with van der Waals surface area (Å²) in [7, 11) is 0. The number of nitrogens with zero attached hydrogens (tertiary/aromatic N) is 5. The second-order valence-corrected chi connectivity index (χ2v) is 5.80. The number of carbonyl (C=O) groups is 1. The van der Waals surface area contributed by atoms with Gasteiger partial charge in [0.1, 0.15) is 6.54 Å². The molecular weight excluding hydrogens is 381 g/mol. The number of hydrogen-bond donors (Lipinski definition) is 1. The van der Waals surface area contributed by atoms with Crippen LogP contribution in [0.5, 0.6) is 0 Å². The van der Waals surface area contributed by atoms with Crippen LogP contribution >= 0.6 is 0 Å². The van der Waals surface area contributed by atoms with E-state index in [4.69, 9.17) is 0 Å². The number of hydrogen-bond acceptors (Lipinski definition) is 5. The van der Waals surface area contributed by atoms with Crippen LogP contribution in [0.3, 0.4) is 0 Å². The van der Waals surface area contributed by atoms with Gasteiger partial charge in [-0.15, -0.1) is 0 Å². The molecular formula is C16H13F3N6O3. The molecule has 1 aromatic carbocycles. The Morgan fingerprint density at radius 1 is 1.25 bits per heavy atom. The highest BCUT2D eigenvalue weighted by Gasteiger charge is 2.30. The molecule has 9 nitrogen and oxygen atoms in total. The first-order valence-corrected chi connectivity index (χ1v) is 7.87. The fourth-order valence-corrected chi connectivity index (χ4v) is 2.43. The molecule has 3 rings (SSSR count). The number of carbonyl (C=O) groups excluding carboxylic acids is 1. The van der Waals surface area contributed by atoms with Crippen molar-refractivity contribution in [2.24, 2.45) is 0 Å². The van der Waals surface area contributed by atoms with E-state index < -0.39 is 22.6 Å². The highest BCUT2D eigenvalue weighted by atomic mass is 19.4. The number of rotatable bonds is 6. The van der Waals surface area contributed by atoms with E-state index in [0.29, 0.717) is 11.3 Å². The Balaban J connectivity index is 1.61. The Hall–Kier alpha value is -3.70. The Kier molecular flexibility index (Phi) is 5.11. The van der Waals surface area contributed by atoms with E-state index in [9.17, 15) is 28.1 Å². The molecule has 0 aliphatic heterocycles. The lowest BCUT2D eigenvalue weighted by atomic mass is 10.1. The van der Waals surface area contributed by atoms with Gasteiger partial charge in [-0.1, -0.05) is 12.1 Å². The summed E-state index contributed by atoms with van der Waals surface area (Å²) in [6.07, 6.45) is -0.323. The van der Waals surface area contributed by atoms with E-state index in [0.717, 1.165) is 16.8 Å². The summed E-state index contributed by atoms with van der Waals surface area (Å²) in [5.41, 5.74) is -0.0164. The van der Waals surface area contributed by atoms with E-state index in [1.165, 1.54) is 35.4 Å². The maximum Gasteiger partial charge on any atom is 0.416 e. The zero-order chi connectivity index (χ0) is 20.3. The lowest BCUT2D eigenvalue weighted by molar-refractivity contribution is -0.389. The predicted octanol–water partition coefficient (Wildman–Crippen LogP) is 2.69. The second kappa shape index (κ2) is 7.50. The molecule has 0 saturated carbocycles. The van der Waals surface area contributed by atoms with Gasteiger partial charge in [-0.05, 0) is 22.6 Å². The number of nitrogens with one attached hydrogen (secondary N) is 1. The van der Waals surface area contributed by atoms with Crippen LogP contribution in [-0.4, -0.2) is 30.4 Å². The number of anilines is 1. The van der Waals surface area contributed by atoms with Crippen LogP contribution < -0.4 is 5.32 Å². The predicted molar refractivity (Wildman–Crippen MR) is 90.3 cm³/mol. The van der Waals surface area contributed by atoms with Gasteiger partial charge in [0.15, 0.2) is 0 Å². The molecule has 0 radical (unpaired) electrons. The van der Waals surface area contributed by atoms with Crippen molar-refractivity contribution in [2.45, 2.75) is 19.3 Å². The van der Waals surface area contributed by atoms with E-state index in [1.807, 2.05) is 0 Å². The highest BCUT2D eigenvalue weighted by molar-refractivity contribution is 5.90. The molecule has 1 N–H and O–H groups in total. The first-order valence-electron chi connectivity index (χ1n) is 7.87. The van der Waals surface area contributed by atoms with Crippen molar-refractivity contribution < 1.29 is 22.9 Å². The van der Waals surface area contributed by atoms with Crippen LogP contribution in [0.1, 0.15) is 11.1 Å². The Bertz CT molecular complexity index is 1010. The fraction of sp³-hybridized carbons (Fsp3) is 0.188. The highest BCUT2D eigenvalue weighted by Crippen LogP contribution is 2.29. The van der Waals surface area contributed by atoms with Crippen LogP contribution in [0.15, 0.2) is 48.9 Å². The van der Waals surface area contributed by atoms with Gasteiger partial charge < -0.3 is 15.4 Å². The molecule has 0 aliphatic carbocycles. The molecule has 0 atom stereocenters. The second-order valence-electron chi connectivity index (χ2n) is 5.80. The van der Waals surface area contributed by atoms with Crippen LogP contribution in [0.4, 0.5) is 24.7 Å². The van der Waals surface area contributed by atoms with E-state index >= 15 is 0 Å². The number of nitro groups is 1. The summed E-state index contributed by atoms with van der Waals surface area (Å²) < 4.78 is 40.8. The molecule has 0 fully saturated rings. The first kappa shape index (κ1) is 19.1. The standard InChI is InChI=1S/C16H13F3N6O3/c17-16(18,19)12-3-1-2-11(6-12)8-24-9-13(7-20-24)21-15(26)10-23-5-4-14(22-23)25(27)28/h1-7,9H,8,10H2,(H,21,26). The van der Waals surface area contributed by atoms with Crippen LogP contribution in [-0.2, 0) is 24.1 Å². The van der Waals surface area contributed by atoms with Gasteiger partial charge in [0.2, 0.25) is 5.91 Å². The van der Waals surface area contributed by atoms with Crippen molar-refractivity contribution in [3.8, 4) is 0 Å². The van der Waals surface area contributed by atoms with Crippen LogP contribution in [0.25, 0.3) is 0 Å². The van der Waals surface area contributed by atoms with Gasteiger partial charge in [-0.3, -0.25) is 9.48 Å². The minimum absolute atomic E-state index is 0.0884. The lowest BCUT2D eigenvalue weighted by Crippen LogP contribution is -2.18. The maximum absolute atomic E-state index is 12.8. The molecule has 12 heteroatoms. The number of halogens is 3. The zero-order valence-electron chi connectivity index (χ0n) is 14.1. The molecule has 146 valence electrons. The molecule has 0 saturated heterocycles. The minimum Gasteiger partial charge on any atom is -0.358 e. The lowest BCUT2D eigenvalue weighted by Gasteiger charge is -2.08. The van der Waals surface area contributed by atoms with Gasteiger partial charge in [0.25, 0.3) is 0 Å². The number of benzene rings is 1. The average Bonchev–Trinajstić information content (AvgIpc) is 3.24. The molecule has 0 bridgehead atoms. The SMILES string of the molecule is O=C(Cn1ccc([N+](=O)[O-])n1)Nc1cnn(Cc2cccc(C(F)(F)F)c2)c1. The quantitative estimate of drug-likeness (QED) is 0.511. The van der Waals surface area contributed by atoms with Crippen molar-refractivity contribution >= 4 is 17.4 Å². The van der Waals surface area contributed by atoms with Crippen molar-refractivity contribution in [3.05, 3.63) is 70.2 Å². The number of amides is 1. The summed E-state index contributed by atoms with van der Waals surface area (Å²) in [4.78, 5) is 21.9. The van der Waals surface area contributed by atoms with Crippen LogP contribution in [0.2, 0.25) is 0 Å². The van der Waals surface area contributed by atoms with Crippen molar-refractivity contribution in [1.82, 2.24) is 19.6 Å². The van der Waals surface area contributed by atoms with Gasteiger partial charge >= 0.3 is 12.0 Å². The van der Waals surface area contributed by atoms with Gasteiger partial charge in [-0.25, -0.2) is 0 Å². The smallest absolute Gasteiger partial charge is 0.358 e. The summed E-state index contributed by atoms with van der Waals surface area (Å²) in [5, 5.41) is 20.7. The number of aromatic nitrogens is 4. The zero-order valence-corrected chi connectivity index (χ0v) is 14.1. The van der Waals surface area contributed by atoms with Crippen molar-refractivity contribution in [1.29, 1.82) is 0 Å². The average molecular weight is 394 g/mol. The van der Waals surface area contributed by atoms with Crippen molar-refractivity contribution in [2.75, 3.05) is 5.32 Å². The summed E-state index contributed by atoms with van der Waals surface area (Å²) in [6.45, 7) is -0.155. The molecule has 0 unspecified atom stereocenters. The molecule has 2 aromatic heterocycles. The van der Waals surface area contributed by atoms with E-state index in [-0.39, 0.29) is 18.9 Å². The van der Waals surface area contributed by atoms with Gasteiger partial charge in [-0.2, -0.15) is 23.0 Å². The van der Waals surface area contributed by atoms with Gasteiger partial charge in [0.05, 0.1) is 41.4 Å². The minimum atomic E-state index is -4.43. The van der Waals surface area contributed by atoms with Gasteiger partial charge in [0, 0.05) is 6.20 Å². The Morgan fingerprint density at radius 3 is 2.71 bits per heavy atom. The summed E-state index contributed by atoms with van der Waals surface area (Å²) >= 11 is 0. The van der Waals surface area contributed by atoms with Crippen LogP contribution in [0, 0.1) is 10.1 Å². The summed E-state index contributed by atoms with van der Waals surface area (Å²) in [5.74, 6) is -0.863. The monoisotopic (exact) mass is 394 g/mol. The topological polar surface area (TPSA) is 108 Å². The maximum atomic E-state index is 12.8. The van der Waals surface area contributed by atoms with E-state index in [1.54, 1.807) is 6.07 Å².